The van der Waals surface area contributed by atoms with Crippen molar-refractivity contribution in [3.05, 3.63) is 15.8 Å². The smallest absolute Gasteiger partial charge is 0.244 e. The second-order valence-electron chi connectivity index (χ2n) is 4.69. The van der Waals surface area contributed by atoms with Crippen molar-refractivity contribution in [1.82, 2.24) is 4.31 Å². The fourth-order valence-corrected chi connectivity index (χ4v) is 5.56. The highest BCUT2D eigenvalue weighted by Gasteiger charge is 2.29. The Labute approximate surface area is 113 Å². The molecule has 1 aliphatic heterocycles. The van der Waals surface area contributed by atoms with Gasteiger partial charge in [0.25, 0.3) is 0 Å². The summed E-state index contributed by atoms with van der Waals surface area (Å²) in [6.45, 7) is 3.42. The van der Waals surface area contributed by atoms with E-state index >= 15 is 0 Å². The molecule has 0 amide bonds. The maximum absolute atomic E-state index is 12.7. The van der Waals surface area contributed by atoms with Crippen molar-refractivity contribution in [2.45, 2.75) is 44.0 Å². The second-order valence-corrected chi connectivity index (χ2v) is 7.53. The minimum atomic E-state index is -3.35. The highest BCUT2D eigenvalue weighted by molar-refractivity contribution is 7.89. The maximum Gasteiger partial charge on any atom is 0.244 e. The molecule has 0 atom stereocenters. The lowest BCUT2D eigenvalue weighted by Gasteiger charge is -2.20. The van der Waals surface area contributed by atoms with Crippen molar-refractivity contribution in [3.8, 4) is 0 Å². The fraction of sp³-hybridized carbons (Fsp3) is 0.667. The van der Waals surface area contributed by atoms with Gasteiger partial charge in [-0.25, -0.2) is 8.42 Å². The van der Waals surface area contributed by atoms with Crippen LogP contribution in [-0.2, 0) is 16.6 Å². The van der Waals surface area contributed by atoms with Gasteiger partial charge in [0.1, 0.15) is 4.90 Å². The summed E-state index contributed by atoms with van der Waals surface area (Å²) in [6.07, 6.45) is 4.16. The van der Waals surface area contributed by atoms with Gasteiger partial charge in [-0.2, -0.15) is 4.31 Å². The lowest BCUT2D eigenvalue weighted by Crippen LogP contribution is -2.32. The summed E-state index contributed by atoms with van der Waals surface area (Å²) in [5.41, 5.74) is 6.47. The molecule has 0 aliphatic carbocycles. The van der Waals surface area contributed by atoms with E-state index in [1.54, 1.807) is 4.31 Å². The molecule has 1 fully saturated rings. The molecule has 18 heavy (non-hydrogen) atoms. The number of hydrogen-bond acceptors (Lipinski definition) is 4. The summed E-state index contributed by atoms with van der Waals surface area (Å²) >= 11 is 1.44. The highest BCUT2D eigenvalue weighted by Crippen LogP contribution is 2.30. The van der Waals surface area contributed by atoms with Crippen LogP contribution >= 0.6 is 11.3 Å². The molecule has 1 saturated heterocycles. The summed E-state index contributed by atoms with van der Waals surface area (Å²) < 4.78 is 27.0. The monoisotopic (exact) mass is 288 g/mol. The minimum Gasteiger partial charge on any atom is -0.326 e. The Balaban J connectivity index is 2.37. The molecule has 0 bridgehead atoms. The molecule has 0 spiro atoms. The molecule has 102 valence electrons. The van der Waals surface area contributed by atoms with Gasteiger partial charge < -0.3 is 5.73 Å². The van der Waals surface area contributed by atoms with E-state index in [9.17, 15) is 8.42 Å². The van der Waals surface area contributed by atoms with Crippen molar-refractivity contribution >= 4 is 21.4 Å². The normalized spacial score (nSPS) is 18.8. The Morgan fingerprint density at radius 1 is 1.28 bits per heavy atom. The van der Waals surface area contributed by atoms with Gasteiger partial charge in [0.2, 0.25) is 10.0 Å². The molecule has 4 nitrogen and oxygen atoms in total. The van der Waals surface area contributed by atoms with E-state index in [1.807, 2.05) is 12.3 Å². The summed E-state index contributed by atoms with van der Waals surface area (Å²) in [6, 6.07) is 0. The van der Waals surface area contributed by atoms with E-state index in [4.69, 9.17) is 5.73 Å². The van der Waals surface area contributed by atoms with Crippen LogP contribution in [0.5, 0.6) is 0 Å². The van der Waals surface area contributed by atoms with Crippen LogP contribution in [0, 0.1) is 6.92 Å². The third kappa shape index (κ3) is 2.61. The zero-order valence-corrected chi connectivity index (χ0v) is 12.3. The molecule has 1 aromatic heterocycles. The molecular formula is C12H20N2O2S2. The summed E-state index contributed by atoms with van der Waals surface area (Å²) in [7, 11) is -3.35. The van der Waals surface area contributed by atoms with Gasteiger partial charge in [-0.3, -0.25) is 0 Å². The van der Waals surface area contributed by atoms with Crippen LogP contribution in [0.4, 0.5) is 0 Å². The van der Waals surface area contributed by atoms with Gasteiger partial charge in [-0.1, -0.05) is 12.8 Å². The first kappa shape index (κ1) is 14.0. The number of sulfonamides is 1. The number of rotatable bonds is 3. The van der Waals surface area contributed by atoms with E-state index in [0.717, 1.165) is 36.1 Å². The molecule has 0 unspecified atom stereocenters. The van der Waals surface area contributed by atoms with E-state index in [1.165, 1.54) is 11.3 Å². The predicted octanol–water partition coefficient (Wildman–Crippen LogP) is 2.08. The Morgan fingerprint density at radius 3 is 2.44 bits per heavy atom. The fourth-order valence-electron chi connectivity index (χ4n) is 2.39. The van der Waals surface area contributed by atoms with E-state index in [2.05, 4.69) is 0 Å². The van der Waals surface area contributed by atoms with Gasteiger partial charge in [0, 0.05) is 24.5 Å². The van der Waals surface area contributed by atoms with Crippen LogP contribution in [0.1, 0.15) is 36.1 Å². The van der Waals surface area contributed by atoms with Gasteiger partial charge in [-0.15, -0.1) is 11.3 Å². The van der Waals surface area contributed by atoms with Crippen molar-refractivity contribution < 1.29 is 8.42 Å². The first-order valence-electron chi connectivity index (χ1n) is 6.34. The van der Waals surface area contributed by atoms with Crippen molar-refractivity contribution in [2.75, 3.05) is 13.1 Å². The summed E-state index contributed by atoms with van der Waals surface area (Å²) in [4.78, 5) is 1.23. The zero-order chi connectivity index (χ0) is 13.2. The molecule has 2 heterocycles. The van der Waals surface area contributed by atoms with Crippen LogP contribution in [0.3, 0.4) is 0 Å². The average molecular weight is 288 g/mol. The Hall–Kier alpha value is -0.430. The van der Waals surface area contributed by atoms with E-state index < -0.39 is 10.0 Å². The largest absolute Gasteiger partial charge is 0.326 e. The Kier molecular flexibility index (Phi) is 4.42. The standard InChI is InChI=1S/C12H20N2O2S2/c1-10-9-17-11(8-13)12(10)18(15,16)14-6-4-2-3-5-7-14/h9H,2-8,13H2,1H3. The zero-order valence-electron chi connectivity index (χ0n) is 10.7. The third-order valence-electron chi connectivity index (χ3n) is 3.34. The molecule has 2 rings (SSSR count). The molecule has 2 N–H and O–H groups in total. The topological polar surface area (TPSA) is 63.4 Å². The molecule has 1 aliphatic rings. The molecular weight excluding hydrogens is 268 g/mol. The van der Waals surface area contributed by atoms with Gasteiger partial charge >= 0.3 is 0 Å². The van der Waals surface area contributed by atoms with Gasteiger partial charge in [0.15, 0.2) is 0 Å². The van der Waals surface area contributed by atoms with E-state index in [0.29, 0.717) is 24.5 Å². The first-order valence-corrected chi connectivity index (χ1v) is 8.66. The first-order chi connectivity index (χ1) is 8.57. The van der Waals surface area contributed by atoms with Gasteiger partial charge in [-0.05, 0) is 30.7 Å². The number of thiophene rings is 1. The Bertz CT molecular complexity index is 500. The third-order valence-corrected chi connectivity index (χ3v) is 6.72. The molecule has 0 saturated carbocycles. The SMILES string of the molecule is Cc1csc(CN)c1S(=O)(=O)N1CCCCCC1. The number of nitrogens with two attached hydrogens (primary N) is 1. The quantitative estimate of drug-likeness (QED) is 0.926. The number of hydrogen-bond donors (Lipinski definition) is 1. The van der Waals surface area contributed by atoms with Crippen LogP contribution in [-0.4, -0.2) is 25.8 Å². The maximum atomic E-state index is 12.7. The highest BCUT2D eigenvalue weighted by atomic mass is 32.2. The predicted molar refractivity (Wildman–Crippen MR) is 74.2 cm³/mol. The molecule has 6 heteroatoms. The summed E-state index contributed by atoms with van der Waals surface area (Å²) in [5, 5.41) is 1.88. The van der Waals surface area contributed by atoms with Crippen LogP contribution in [0.15, 0.2) is 10.3 Å². The lowest BCUT2D eigenvalue weighted by atomic mass is 10.2. The Morgan fingerprint density at radius 2 is 1.89 bits per heavy atom. The van der Waals surface area contributed by atoms with Crippen molar-refractivity contribution in [1.29, 1.82) is 0 Å². The van der Waals surface area contributed by atoms with Gasteiger partial charge in [0.05, 0.1) is 0 Å². The minimum absolute atomic E-state index is 0.293. The van der Waals surface area contributed by atoms with Crippen LogP contribution in [0.2, 0.25) is 0 Å². The second kappa shape index (κ2) is 5.69. The van der Waals surface area contributed by atoms with Crippen molar-refractivity contribution in [2.24, 2.45) is 5.73 Å². The van der Waals surface area contributed by atoms with Crippen LogP contribution < -0.4 is 5.73 Å². The van der Waals surface area contributed by atoms with Crippen LogP contribution in [0.25, 0.3) is 0 Å². The molecule has 1 aromatic rings. The molecule has 0 aromatic carbocycles. The lowest BCUT2D eigenvalue weighted by molar-refractivity contribution is 0.423. The molecule has 0 radical (unpaired) electrons. The van der Waals surface area contributed by atoms with Crippen molar-refractivity contribution in [3.63, 3.8) is 0 Å². The number of aryl methyl sites for hydroxylation is 1. The average Bonchev–Trinajstić information content (AvgIpc) is 2.56. The summed E-state index contributed by atoms with van der Waals surface area (Å²) in [5.74, 6) is 0. The van der Waals surface area contributed by atoms with E-state index in [-0.39, 0.29) is 0 Å². The number of nitrogens with zero attached hydrogens (tertiary/aromatic N) is 1.